The van der Waals surface area contributed by atoms with Crippen molar-refractivity contribution in [3.63, 3.8) is 0 Å². The number of hydrogen-bond donors (Lipinski definition) is 0. The van der Waals surface area contributed by atoms with Crippen LogP contribution in [0.5, 0.6) is 0 Å². The summed E-state index contributed by atoms with van der Waals surface area (Å²) in [4.78, 5) is 13.9. The molecule has 0 amide bonds. The molecule has 0 heterocycles. The molecule has 0 N–H and O–H groups in total. The Labute approximate surface area is 242 Å². The molecule has 0 rings (SSSR count). The Kier molecular flexibility index (Phi) is 11.0. The highest BCUT2D eigenvalue weighted by molar-refractivity contribution is 5.87. The van der Waals surface area contributed by atoms with E-state index in [1.807, 2.05) is 0 Å². The molecule has 0 bridgehead atoms. The third-order valence-corrected chi connectivity index (χ3v) is 5.08. The van der Waals surface area contributed by atoms with Crippen LogP contribution in [0.1, 0.15) is 6.92 Å². The minimum Gasteiger partial charge on any atom is -0.411 e. The molecule has 0 saturated heterocycles. The number of hydrogen-bond acceptors (Lipinski definition) is 4. The van der Waals surface area contributed by atoms with Crippen molar-refractivity contribution in [1.29, 1.82) is 0 Å². The molecule has 4 nitrogen and oxygen atoms in total. The van der Waals surface area contributed by atoms with E-state index in [2.05, 4.69) is 11.3 Å². The van der Waals surface area contributed by atoms with Crippen LogP contribution in [0.15, 0.2) is 12.2 Å². The lowest BCUT2D eigenvalue weighted by molar-refractivity contribution is -0.602. The van der Waals surface area contributed by atoms with Crippen molar-refractivity contribution < 1.29 is 138 Å². The second kappa shape index (κ2) is 11.7. The molecule has 0 aliphatic heterocycles. The maximum Gasteiger partial charge on any atom is 0.485 e. The van der Waals surface area contributed by atoms with Gasteiger partial charge in [-0.1, -0.05) is 6.58 Å². The fourth-order valence-electron chi connectivity index (χ4n) is 2.35. The van der Waals surface area contributed by atoms with Crippen LogP contribution in [-0.4, -0.2) is 83.8 Å². The highest BCUT2D eigenvalue weighted by Gasteiger charge is 2.99. The number of halogens is 27. The van der Waals surface area contributed by atoms with Crippen molar-refractivity contribution in [2.24, 2.45) is 0 Å². The van der Waals surface area contributed by atoms with Crippen molar-refractivity contribution in [2.45, 2.75) is 84.7 Å². The minimum absolute atomic E-state index is 0.0748. The zero-order valence-corrected chi connectivity index (χ0v) is 21.0. The summed E-state index contributed by atoms with van der Waals surface area (Å²) in [6.07, 6.45) is -32.1. The monoisotopic (exact) mass is 786 g/mol. The van der Waals surface area contributed by atoms with Gasteiger partial charge in [0.1, 0.15) is 0 Å². The van der Waals surface area contributed by atoms with E-state index in [0.29, 0.717) is 0 Å². The fourth-order valence-corrected chi connectivity index (χ4v) is 2.35. The summed E-state index contributed by atoms with van der Waals surface area (Å²) in [6, 6.07) is 0. The van der Waals surface area contributed by atoms with Gasteiger partial charge < -0.3 is 4.74 Å². The second-order valence-corrected chi connectivity index (χ2v) is 8.56. The van der Waals surface area contributed by atoms with Gasteiger partial charge in [-0.3, -0.25) is 0 Å². The van der Waals surface area contributed by atoms with Crippen molar-refractivity contribution >= 4 is 5.97 Å². The zero-order valence-electron chi connectivity index (χ0n) is 21.0. The first kappa shape index (κ1) is 45.2. The third kappa shape index (κ3) is 6.12. The highest BCUT2D eigenvalue weighted by Crippen LogP contribution is 2.67. The van der Waals surface area contributed by atoms with Crippen molar-refractivity contribution in [2.75, 3.05) is 0 Å². The number of ether oxygens (including phenoxy) is 1. The predicted molar refractivity (Wildman–Crippen MR) is 88.5 cm³/mol. The molecule has 0 fully saturated rings. The van der Waals surface area contributed by atoms with E-state index in [1.165, 1.54) is 9.78 Å². The average Bonchev–Trinajstić information content (AvgIpc) is 2.83. The Morgan fingerprint density at radius 1 is 0.396 bits per heavy atom. The lowest BCUT2D eigenvalue weighted by Gasteiger charge is -2.47. The van der Waals surface area contributed by atoms with Crippen molar-refractivity contribution in [3.8, 4) is 0 Å². The Balaban J connectivity index is 8.09. The van der Waals surface area contributed by atoms with Gasteiger partial charge in [-0.05, 0) is 6.92 Å². The molecule has 0 aliphatic rings. The van der Waals surface area contributed by atoms with Crippen molar-refractivity contribution in [3.05, 3.63) is 12.2 Å². The Hall–Kier alpha value is -2.76. The predicted octanol–water partition coefficient (Wildman–Crippen LogP) is 9.11. The zero-order chi connectivity index (χ0) is 39.8. The maximum absolute atomic E-state index is 15.1. The number of carbonyl (C=O) groups excluding carboxylic acids is 1. The van der Waals surface area contributed by atoms with Gasteiger partial charge in [-0.2, -0.15) is 128 Å². The molecule has 0 aromatic heterocycles. The van der Waals surface area contributed by atoms with Crippen LogP contribution >= 0.6 is 0 Å². The standard InChI is InChI=1S/C17H5F27O4/c1-3(2)4(45)46-13(33,15(37,38)39)12(32,47-48-17(43,44)16(40,41)42)10(28,29)8(24,25)6(20,21)5(18,19)7(22,23)9(26,27)11(30,31)14(34,35)36/h1H2,2H3. The van der Waals surface area contributed by atoms with Crippen LogP contribution in [-0.2, 0) is 19.3 Å². The average molecular weight is 786 g/mol. The molecule has 2 atom stereocenters. The summed E-state index contributed by atoms with van der Waals surface area (Å²) in [5.41, 5.74) is -1.93. The molecule has 0 saturated carbocycles. The molecule has 31 heteroatoms. The molecular weight excluding hydrogens is 781 g/mol. The molecular formula is C17H5F27O4. The fraction of sp³-hybridized carbons (Fsp3) is 0.824. The van der Waals surface area contributed by atoms with Crippen LogP contribution in [0.3, 0.4) is 0 Å². The summed E-state index contributed by atoms with van der Waals surface area (Å²) in [5, 5.41) is 0. The first-order chi connectivity index (χ1) is 20.3. The Morgan fingerprint density at radius 3 is 0.938 bits per heavy atom. The second-order valence-electron chi connectivity index (χ2n) is 8.56. The van der Waals surface area contributed by atoms with Gasteiger partial charge in [-0.25, -0.2) is 4.79 Å². The van der Waals surface area contributed by atoms with E-state index >= 15 is 4.39 Å². The molecule has 0 aliphatic carbocycles. The number of rotatable bonds is 13. The molecule has 0 aromatic carbocycles. The van der Waals surface area contributed by atoms with Gasteiger partial charge in [0.2, 0.25) is 0 Å². The molecule has 0 spiro atoms. The molecule has 2 unspecified atom stereocenters. The quantitative estimate of drug-likeness (QED) is 0.0615. The van der Waals surface area contributed by atoms with Gasteiger partial charge in [0, 0.05) is 5.57 Å². The largest absolute Gasteiger partial charge is 0.485 e. The summed E-state index contributed by atoms with van der Waals surface area (Å²) in [5.74, 6) is -87.6. The van der Waals surface area contributed by atoms with E-state index in [0.717, 1.165) is 0 Å². The molecule has 0 aromatic rings. The van der Waals surface area contributed by atoms with Gasteiger partial charge in [0.05, 0.1) is 0 Å². The van der Waals surface area contributed by atoms with Gasteiger partial charge >= 0.3 is 83.8 Å². The van der Waals surface area contributed by atoms with Gasteiger partial charge in [-0.15, -0.1) is 0 Å². The smallest absolute Gasteiger partial charge is 0.411 e. The Bertz CT molecular complexity index is 1210. The van der Waals surface area contributed by atoms with Gasteiger partial charge in [0.15, 0.2) is 0 Å². The maximum atomic E-state index is 15.1. The summed E-state index contributed by atoms with van der Waals surface area (Å²) in [6.45, 7) is 2.09. The first-order valence-electron chi connectivity index (χ1n) is 10.1. The summed E-state index contributed by atoms with van der Waals surface area (Å²) >= 11 is 0. The van der Waals surface area contributed by atoms with Crippen LogP contribution < -0.4 is 0 Å². The Morgan fingerprint density at radius 2 is 0.688 bits per heavy atom. The summed E-state index contributed by atoms with van der Waals surface area (Å²) in [7, 11) is 0. The normalized spacial score (nSPS) is 18.2. The molecule has 0 radical (unpaired) electrons. The van der Waals surface area contributed by atoms with Gasteiger partial charge in [0.25, 0.3) is 0 Å². The lowest BCUT2D eigenvalue weighted by atomic mass is 9.85. The van der Waals surface area contributed by atoms with E-state index < -0.39 is 89.3 Å². The summed E-state index contributed by atoms with van der Waals surface area (Å²) < 4.78 is 364. The number of alkyl halides is 27. The highest BCUT2D eigenvalue weighted by atomic mass is 19.4. The first-order valence-corrected chi connectivity index (χ1v) is 10.1. The van der Waals surface area contributed by atoms with E-state index in [-0.39, 0.29) is 6.92 Å². The van der Waals surface area contributed by atoms with Crippen LogP contribution in [0.4, 0.5) is 119 Å². The number of carbonyl (C=O) groups is 1. The van der Waals surface area contributed by atoms with Crippen LogP contribution in [0, 0.1) is 0 Å². The van der Waals surface area contributed by atoms with E-state index in [1.54, 1.807) is 0 Å². The molecule has 48 heavy (non-hydrogen) atoms. The SMILES string of the molecule is C=C(C)C(=O)OC(F)(C(F)(F)F)C(F)(OOC(F)(F)C(F)(F)F)C(F)(F)C(F)(F)C(F)(F)C(F)(F)C(F)(F)C(F)(F)C(F)(F)C(F)(F)F. The lowest BCUT2D eigenvalue weighted by Crippen LogP contribution is -2.79. The third-order valence-electron chi connectivity index (χ3n) is 5.08. The van der Waals surface area contributed by atoms with E-state index in [9.17, 15) is 119 Å². The van der Waals surface area contributed by atoms with Crippen LogP contribution in [0.25, 0.3) is 0 Å². The topological polar surface area (TPSA) is 44.8 Å². The van der Waals surface area contributed by atoms with Crippen LogP contribution in [0.2, 0.25) is 0 Å². The number of esters is 1. The van der Waals surface area contributed by atoms with Crippen molar-refractivity contribution in [1.82, 2.24) is 0 Å². The van der Waals surface area contributed by atoms with E-state index in [4.69, 9.17) is 0 Å². The molecule has 286 valence electrons. The minimum atomic E-state index is -9.82.